The highest BCUT2D eigenvalue weighted by molar-refractivity contribution is 5.91. The largest absolute Gasteiger partial charge is 0.486 e. The molecule has 2 aromatic rings. The minimum absolute atomic E-state index is 0.0883. The van der Waals surface area contributed by atoms with Crippen molar-refractivity contribution < 1.29 is 14.3 Å². The van der Waals surface area contributed by atoms with Crippen molar-refractivity contribution in [2.75, 3.05) is 18.5 Å². The zero-order chi connectivity index (χ0) is 14.8. The maximum absolute atomic E-state index is 12.1. The van der Waals surface area contributed by atoms with E-state index in [0.29, 0.717) is 24.8 Å². The monoisotopic (exact) mass is 287 g/mol. The molecular weight excluding hydrogens is 270 g/mol. The molecule has 0 fully saturated rings. The van der Waals surface area contributed by atoms with Gasteiger partial charge < -0.3 is 14.8 Å². The highest BCUT2D eigenvalue weighted by Crippen LogP contribution is 2.30. The summed E-state index contributed by atoms with van der Waals surface area (Å²) in [4.78, 5) is 12.1. The molecule has 0 bridgehead atoms. The first-order chi connectivity index (χ1) is 10.1. The van der Waals surface area contributed by atoms with Gasteiger partial charge >= 0.3 is 0 Å². The molecule has 6 heteroatoms. The van der Waals surface area contributed by atoms with Crippen LogP contribution in [0.3, 0.4) is 0 Å². The van der Waals surface area contributed by atoms with Crippen LogP contribution in [0, 0.1) is 6.92 Å². The molecule has 1 aliphatic rings. The molecule has 1 aromatic heterocycles. The number of ether oxygens (including phenoxy) is 2. The first-order valence-electron chi connectivity index (χ1n) is 6.81. The van der Waals surface area contributed by atoms with E-state index >= 15 is 0 Å². The number of anilines is 1. The van der Waals surface area contributed by atoms with Gasteiger partial charge in [0.1, 0.15) is 19.0 Å². The molecule has 0 atom stereocenters. The third-order valence-electron chi connectivity index (χ3n) is 3.24. The summed E-state index contributed by atoms with van der Waals surface area (Å²) in [6.45, 7) is 2.99. The first kappa shape index (κ1) is 13.5. The van der Waals surface area contributed by atoms with E-state index in [1.807, 2.05) is 31.2 Å². The molecule has 2 heterocycles. The van der Waals surface area contributed by atoms with E-state index in [0.717, 1.165) is 17.0 Å². The van der Waals surface area contributed by atoms with Gasteiger partial charge in [0.2, 0.25) is 5.91 Å². The van der Waals surface area contributed by atoms with Crippen molar-refractivity contribution in [3.05, 3.63) is 35.5 Å². The minimum atomic E-state index is -0.0883. The number of fused-ring (bicyclic) bond motifs is 1. The molecule has 1 amide bonds. The summed E-state index contributed by atoms with van der Waals surface area (Å²) in [5, 5.41) is 7.04. The van der Waals surface area contributed by atoms with E-state index in [1.165, 1.54) is 0 Å². The molecule has 110 valence electrons. The van der Waals surface area contributed by atoms with Crippen molar-refractivity contribution in [1.29, 1.82) is 0 Å². The predicted octanol–water partition coefficient (Wildman–Crippen LogP) is 1.68. The van der Waals surface area contributed by atoms with Crippen molar-refractivity contribution >= 4 is 11.7 Å². The van der Waals surface area contributed by atoms with Crippen LogP contribution in [-0.4, -0.2) is 28.9 Å². The van der Waals surface area contributed by atoms with E-state index in [4.69, 9.17) is 9.47 Å². The average Bonchev–Trinajstić information content (AvgIpc) is 2.76. The number of aromatic nitrogens is 2. The Bertz CT molecular complexity index is 679. The van der Waals surface area contributed by atoms with Crippen LogP contribution in [0.4, 0.5) is 5.82 Å². The fourth-order valence-electron chi connectivity index (χ4n) is 2.30. The Morgan fingerprint density at radius 2 is 2.05 bits per heavy atom. The SMILES string of the molecule is Cc1cc(NC(=O)Cc2ccc3c(c2)OCCO3)n(C)n1. The summed E-state index contributed by atoms with van der Waals surface area (Å²) in [5.74, 6) is 2.03. The van der Waals surface area contributed by atoms with Crippen molar-refractivity contribution in [1.82, 2.24) is 9.78 Å². The Morgan fingerprint density at radius 3 is 2.76 bits per heavy atom. The molecule has 6 nitrogen and oxygen atoms in total. The second-order valence-electron chi connectivity index (χ2n) is 5.00. The average molecular weight is 287 g/mol. The number of rotatable bonds is 3. The van der Waals surface area contributed by atoms with E-state index in [-0.39, 0.29) is 12.3 Å². The highest BCUT2D eigenvalue weighted by Gasteiger charge is 2.14. The molecule has 0 unspecified atom stereocenters. The number of hydrogen-bond acceptors (Lipinski definition) is 4. The lowest BCUT2D eigenvalue weighted by Crippen LogP contribution is -2.18. The van der Waals surface area contributed by atoms with Gasteiger partial charge in [0, 0.05) is 13.1 Å². The van der Waals surface area contributed by atoms with Crippen LogP contribution in [-0.2, 0) is 18.3 Å². The smallest absolute Gasteiger partial charge is 0.229 e. The Labute approximate surface area is 122 Å². The molecule has 21 heavy (non-hydrogen) atoms. The Kier molecular flexibility index (Phi) is 3.51. The summed E-state index contributed by atoms with van der Waals surface area (Å²) < 4.78 is 12.6. The molecular formula is C15H17N3O3. The lowest BCUT2D eigenvalue weighted by atomic mass is 10.1. The summed E-state index contributed by atoms with van der Waals surface area (Å²) in [5.41, 5.74) is 1.75. The number of aryl methyl sites for hydroxylation is 2. The van der Waals surface area contributed by atoms with Crippen LogP contribution in [0.25, 0.3) is 0 Å². The van der Waals surface area contributed by atoms with E-state index in [9.17, 15) is 4.79 Å². The van der Waals surface area contributed by atoms with Gasteiger partial charge in [-0.25, -0.2) is 0 Å². The number of nitrogens with one attached hydrogen (secondary N) is 1. The van der Waals surface area contributed by atoms with Crippen LogP contribution in [0.5, 0.6) is 11.5 Å². The Morgan fingerprint density at radius 1 is 1.29 bits per heavy atom. The molecule has 0 saturated heterocycles. The molecule has 1 aromatic carbocycles. The highest BCUT2D eigenvalue weighted by atomic mass is 16.6. The van der Waals surface area contributed by atoms with Gasteiger partial charge in [-0.05, 0) is 24.6 Å². The number of amides is 1. The molecule has 1 N–H and O–H groups in total. The lowest BCUT2D eigenvalue weighted by molar-refractivity contribution is -0.115. The lowest BCUT2D eigenvalue weighted by Gasteiger charge is -2.18. The van der Waals surface area contributed by atoms with E-state index < -0.39 is 0 Å². The molecule has 0 radical (unpaired) electrons. The van der Waals surface area contributed by atoms with Gasteiger partial charge in [0.25, 0.3) is 0 Å². The fraction of sp³-hybridized carbons (Fsp3) is 0.333. The second kappa shape index (κ2) is 5.47. The van der Waals surface area contributed by atoms with Crippen molar-refractivity contribution in [2.24, 2.45) is 7.05 Å². The fourth-order valence-corrected chi connectivity index (χ4v) is 2.30. The van der Waals surface area contributed by atoms with Gasteiger partial charge in [0.15, 0.2) is 11.5 Å². The van der Waals surface area contributed by atoms with E-state index in [2.05, 4.69) is 10.4 Å². The third-order valence-corrected chi connectivity index (χ3v) is 3.24. The van der Waals surface area contributed by atoms with E-state index in [1.54, 1.807) is 11.7 Å². The van der Waals surface area contributed by atoms with Crippen molar-refractivity contribution in [2.45, 2.75) is 13.3 Å². The number of carbonyl (C=O) groups excluding carboxylic acids is 1. The van der Waals surface area contributed by atoms with Gasteiger partial charge in [-0.2, -0.15) is 5.10 Å². The predicted molar refractivity (Wildman–Crippen MR) is 77.7 cm³/mol. The zero-order valence-electron chi connectivity index (χ0n) is 12.0. The Hall–Kier alpha value is -2.50. The molecule has 0 aliphatic carbocycles. The molecule has 1 aliphatic heterocycles. The van der Waals surface area contributed by atoms with Crippen molar-refractivity contribution in [3.63, 3.8) is 0 Å². The van der Waals surface area contributed by atoms with Crippen LogP contribution < -0.4 is 14.8 Å². The summed E-state index contributed by atoms with van der Waals surface area (Å²) >= 11 is 0. The summed E-state index contributed by atoms with van der Waals surface area (Å²) in [6, 6.07) is 7.40. The number of hydrogen-bond donors (Lipinski definition) is 1. The molecule has 3 rings (SSSR count). The maximum atomic E-state index is 12.1. The van der Waals surface area contributed by atoms with Crippen LogP contribution in [0.15, 0.2) is 24.3 Å². The van der Waals surface area contributed by atoms with Gasteiger partial charge in [-0.3, -0.25) is 9.48 Å². The van der Waals surface area contributed by atoms with Crippen LogP contribution >= 0.6 is 0 Å². The zero-order valence-corrected chi connectivity index (χ0v) is 12.0. The Balaban J connectivity index is 1.68. The molecule has 0 saturated carbocycles. The first-order valence-corrected chi connectivity index (χ1v) is 6.81. The summed E-state index contributed by atoms with van der Waals surface area (Å²) in [6.07, 6.45) is 0.279. The normalized spacial score (nSPS) is 13.0. The van der Waals surface area contributed by atoms with Crippen LogP contribution in [0.1, 0.15) is 11.3 Å². The number of carbonyl (C=O) groups is 1. The quantitative estimate of drug-likeness (QED) is 0.933. The second-order valence-corrected chi connectivity index (χ2v) is 5.00. The van der Waals surface area contributed by atoms with Gasteiger partial charge in [0.05, 0.1) is 12.1 Å². The number of benzene rings is 1. The number of nitrogens with zero attached hydrogens (tertiary/aromatic N) is 2. The standard InChI is InChI=1S/C15H17N3O3/c1-10-7-14(18(2)17-10)16-15(19)9-11-3-4-12-13(8-11)21-6-5-20-12/h3-4,7-8H,5-6,9H2,1-2H3,(H,16,19). The van der Waals surface area contributed by atoms with Gasteiger partial charge in [-0.1, -0.05) is 6.07 Å². The molecule has 0 spiro atoms. The maximum Gasteiger partial charge on any atom is 0.229 e. The summed E-state index contributed by atoms with van der Waals surface area (Å²) in [7, 11) is 1.80. The minimum Gasteiger partial charge on any atom is -0.486 e. The van der Waals surface area contributed by atoms with Gasteiger partial charge in [-0.15, -0.1) is 0 Å². The van der Waals surface area contributed by atoms with Crippen molar-refractivity contribution in [3.8, 4) is 11.5 Å². The van der Waals surface area contributed by atoms with Crippen LogP contribution in [0.2, 0.25) is 0 Å². The third kappa shape index (κ3) is 2.99. The topological polar surface area (TPSA) is 65.4 Å².